The normalized spacial score (nSPS) is 15.1. The molecule has 1 atom stereocenters. The van der Waals surface area contributed by atoms with Crippen LogP contribution in [-0.2, 0) is 4.79 Å². The zero-order chi connectivity index (χ0) is 12.6. The van der Waals surface area contributed by atoms with Crippen molar-refractivity contribution in [1.29, 1.82) is 0 Å². The molecule has 1 aromatic rings. The molecule has 1 aliphatic heterocycles. The van der Waals surface area contributed by atoms with Gasteiger partial charge in [0, 0.05) is 0 Å². The van der Waals surface area contributed by atoms with E-state index in [0.29, 0.717) is 17.1 Å². The van der Waals surface area contributed by atoms with Gasteiger partial charge in [-0.1, -0.05) is 13.8 Å². The Bertz CT molecular complexity index is 456. The molecule has 1 unspecified atom stereocenters. The number of nitrogens with two attached hydrogens (primary N) is 1. The average Bonchev–Trinajstić information content (AvgIpc) is 2.72. The zero-order valence-electron chi connectivity index (χ0n) is 9.77. The number of hydrogen-bond acceptors (Lipinski definition) is 4. The van der Waals surface area contributed by atoms with Crippen LogP contribution in [0.2, 0.25) is 0 Å². The summed E-state index contributed by atoms with van der Waals surface area (Å²) < 4.78 is 10.5. The van der Waals surface area contributed by atoms with E-state index in [1.165, 1.54) is 0 Å². The van der Waals surface area contributed by atoms with Gasteiger partial charge in [-0.25, -0.2) is 0 Å². The van der Waals surface area contributed by atoms with Crippen LogP contribution >= 0.6 is 0 Å². The molecule has 1 aliphatic rings. The Kier molecular flexibility index (Phi) is 2.93. The highest BCUT2D eigenvalue weighted by Crippen LogP contribution is 2.38. The van der Waals surface area contributed by atoms with Crippen molar-refractivity contribution in [3.63, 3.8) is 0 Å². The molecule has 0 spiro atoms. The van der Waals surface area contributed by atoms with Crippen molar-refractivity contribution in [3.8, 4) is 11.5 Å². The Morgan fingerprint density at radius 3 is 2.29 bits per heavy atom. The number of carboxylic acids is 1. The maximum absolute atomic E-state index is 11.0. The molecule has 0 aliphatic carbocycles. The van der Waals surface area contributed by atoms with E-state index < -0.39 is 12.0 Å². The molecule has 3 N–H and O–H groups in total. The molecule has 0 amide bonds. The summed E-state index contributed by atoms with van der Waals surface area (Å²) in [5.41, 5.74) is 7.13. The third-order valence-electron chi connectivity index (χ3n) is 2.80. The fourth-order valence-corrected chi connectivity index (χ4v) is 1.88. The monoisotopic (exact) mass is 237 g/mol. The fraction of sp³-hybridized carbons (Fsp3) is 0.417. The summed E-state index contributed by atoms with van der Waals surface area (Å²) in [7, 11) is 0. The summed E-state index contributed by atoms with van der Waals surface area (Å²) in [6, 6.07) is 2.43. The maximum Gasteiger partial charge on any atom is 0.325 e. The molecule has 5 heteroatoms. The minimum atomic E-state index is -1.05. The Hall–Kier alpha value is -1.75. The summed E-state index contributed by atoms with van der Waals surface area (Å²) in [5.74, 6) is 0.326. The highest BCUT2D eigenvalue weighted by molar-refractivity contribution is 5.76. The lowest BCUT2D eigenvalue weighted by molar-refractivity contribution is -0.138. The molecule has 0 radical (unpaired) electrons. The average molecular weight is 237 g/mol. The molecule has 1 aromatic carbocycles. The van der Waals surface area contributed by atoms with Gasteiger partial charge in [0.25, 0.3) is 0 Å². The van der Waals surface area contributed by atoms with Gasteiger partial charge in [0.15, 0.2) is 11.5 Å². The van der Waals surface area contributed by atoms with Crippen molar-refractivity contribution in [3.05, 3.63) is 23.3 Å². The fourth-order valence-electron chi connectivity index (χ4n) is 1.88. The zero-order valence-corrected chi connectivity index (χ0v) is 9.77. The van der Waals surface area contributed by atoms with E-state index in [-0.39, 0.29) is 12.7 Å². The molecular weight excluding hydrogens is 222 g/mol. The summed E-state index contributed by atoms with van der Waals surface area (Å²) in [6.07, 6.45) is 0. The molecular formula is C12H15NO4. The molecule has 0 bridgehead atoms. The van der Waals surface area contributed by atoms with E-state index in [0.717, 1.165) is 5.56 Å². The minimum absolute atomic E-state index is 0.165. The van der Waals surface area contributed by atoms with E-state index in [2.05, 4.69) is 0 Å². The second-order valence-electron chi connectivity index (χ2n) is 4.30. The smallest absolute Gasteiger partial charge is 0.325 e. The number of rotatable bonds is 3. The highest BCUT2D eigenvalue weighted by atomic mass is 16.7. The topological polar surface area (TPSA) is 81.8 Å². The number of hydrogen-bond donors (Lipinski definition) is 2. The van der Waals surface area contributed by atoms with Gasteiger partial charge in [0.05, 0.1) is 0 Å². The molecule has 0 fully saturated rings. The third kappa shape index (κ3) is 2.06. The Morgan fingerprint density at radius 2 is 1.82 bits per heavy atom. The van der Waals surface area contributed by atoms with Gasteiger partial charge in [0.2, 0.25) is 6.79 Å². The largest absolute Gasteiger partial charge is 0.480 e. The van der Waals surface area contributed by atoms with E-state index in [1.54, 1.807) is 6.07 Å². The third-order valence-corrected chi connectivity index (χ3v) is 2.80. The molecule has 5 nitrogen and oxygen atoms in total. The van der Waals surface area contributed by atoms with Gasteiger partial charge >= 0.3 is 5.97 Å². The van der Waals surface area contributed by atoms with E-state index in [4.69, 9.17) is 20.3 Å². The predicted molar refractivity (Wildman–Crippen MR) is 61.2 cm³/mol. The number of aliphatic carboxylic acids is 1. The lowest BCUT2D eigenvalue weighted by atomic mass is 9.92. The maximum atomic E-state index is 11.0. The summed E-state index contributed by atoms with van der Waals surface area (Å²) in [4.78, 5) is 11.0. The molecule has 17 heavy (non-hydrogen) atoms. The van der Waals surface area contributed by atoms with Crippen LogP contribution in [0.15, 0.2) is 12.1 Å². The first-order chi connectivity index (χ1) is 8.00. The molecule has 0 saturated carbocycles. The van der Waals surface area contributed by atoms with Crippen LogP contribution in [0.25, 0.3) is 0 Å². The van der Waals surface area contributed by atoms with Gasteiger partial charge in [0.1, 0.15) is 6.04 Å². The first kappa shape index (κ1) is 11.7. The van der Waals surface area contributed by atoms with Gasteiger partial charge in [-0.2, -0.15) is 0 Å². The van der Waals surface area contributed by atoms with Crippen molar-refractivity contribution in [2.75, 3.05) is 6.79 Å². The van der Waals surface area contributed by atoms with E-state index >= 15 is 0 Å². The first-order valence-electron chi connectivity index (χ1n) is 5.42. The van der Waals surface area contributed by atoms with Crippen LogP contribution in [0.1, 0.15) is 36.9 Å². The number of carboxylic acid groups (broad SMARTS) is 1. The SMILES string of the molecule is CC(C)c1cc2c(cc1C(N)C(=O)O)OCO2. The van der Waals surface area contributed by atoms with Crippen LogP contribution in [0.3, 0.4) is 0 Å². The molecule has 92 valence electrons. The summed E-state index contributed by atoms with van der Waals surface area (Å²) >= 11 is 0. The van der Waals surface area contributed by atoms with Crippen LogP contribution in [0.4, 0.5) is 0 Å². The molecule has 0 aromatic heterocycles. The van der Waals surface area contributed by atoms with Crippen LogP contribution in [0, 0.1) is 0 Å². The number of ether oxygens (including phenoxy) is 2. The van der Waals surface area contributed by atoms with Crippen LogP contribution in [-0.4, -0.2) is 17.9 Å². The van der Waals surface area contributed by atoms with Gasteiger partial charge < -0.3 is 20.3 Å². The van der Waals surface area contributed by atoms with Crippen molar-refractivity contribution in [1.82, 2.24) is 0 Å². The quantitative estimate of drug-likeness (QED) is 0.834. The van der Waals surface area contributed by atoms with Crippen molar-refractivity contribution < 1.29 is 19.4 Å². The molecule has 1 heterocycles. The van der Waals surface area contributed by atoms with E-state index in [9.17, 15) is 4.79 Å². The first-order valence-corrected chi connectivity index (χ1v) is 5.42. The van der Waals surface area contributed by atoms with Gasteiger partial charge in [-0.15, -0.1) is 0 Å². The van der Waals surface area contributed by atoms with Gasteiger partial charge in [-0.05, 0) is 29.2 Å². The number of fused-ring (bicyclic) bond motifs is 1. The lowest BCUT2D eigenvalue weighted by Crippen LogP contribution is -2.22. The molecule has 0 saturated heterocycles. The Balaban J connectivity index is 2.52. The standard InChI is InChI=1S/C12H15NO4/c1-6(2)7-3-9-10(17-5-16-9)4-8(7)11(13)12(14)15/h3-4,6,11H,5,13H2,1-2H3,(H,14,15). The Labute approximate surface area is 99.1 Å². The lowest BCUT2D eigenvalue weighted by Gasteiger charge is -2.16. The predicted octanol–water partition coefficient (Wildman–Crippen LogP) is 1.62. The second-order valence-corrected chi connectivity index (χ2v) is 4.30. The summed E-state index contributed by atoms with van der Waals surface area (Å²) in [5, 5.41) is 8.99. The highest BCUT2D eigenvalue weighted by Gasteiger charge is 2.24. The number of carbonyl (C=O) groups is 1. The second kappa shape index (κ2) is 4.25. The van der Waals surface area contributed by atoms with Crippen molar-refractivity contribution in [2.24, 2.45) is 5.73 Å². The van der Waals surface area contributed by atoms with Gasteiger partial charge in [-0.3, -0.25) is 4.79 Å². The number of benzene rings is 1. The Morgan fingerprint density at radius 1 is 1.29 bits per heavy atom. The van der Waals surface area contributed by atoms with Crippen molar-refractivity contribution >= 4 is 5.97 Å². The van der Waals surface area contributed by atoms with Crippen molar-refractivity contribution in [2.45, 2.75) is 25.8 Å². The van der Waals surface area contributed by atoms with E-state index in [1.807, 2.05) is 19.9 Å². The molecule has 2 rings (SSSR count). The minimum Gasteiger partial charge on any atom is -0.480 e. The van der Waals surface area contributed by atoms with Crippen LogP contribution in [0.5, 0.6) is 11.5 Å². The summed E-state index contributed by atoms with van der Waals surface area (Å²) in [6.45, 7) is 4.13. The van der Waals surface area contributed by atoms with Crippen LogP contribution < -0.4 is 15.2 Å².